The number of allylic oxidation sites excluding steroid dienone is 1. The van der Waals surface area contributed by atoms with Crippen LogP contribution < -0.4 is 4.74 Å². The molecule has 0 saturated carbocycles. The fourth-order valence-electron chi connectivity index (χ4n) is 6.17. The topological polar surface area (TPSA) is 68.1 Å². The van der Waals surface area contributed by atoms with Crippen molar-refractivity contribution in [2.24, 2.45) is 11.8 Å². The number of unbranched alkanes of at least 4 members (excludes halogenated alkanes) is 2. The number of fused-ring (bicyclic) bond motifs is 3. The van der Waals surface area contributed by atoms with E-state index in [9.17, 15) is 5.11 Å². The zero-order chi connectivity index (χ0) is 31.6. The first kappa shape index (κ1) is 33.0. The number of hydrogen-bond acceptors (Lipinski definition) is 6. The molecule has 0 saturated heterocycles. The van der Waals surface area contributed by atoms with Crippen molar-refractivity contribution in [3.63, 3.8) is 0 Å². The first-order chi connectivity index (χ1) is 22.0. The highest BCUT2D eigenvalue weighted by Crippen LogP contribution is 2.38. The number of nitrogens with zero attached hydrogens (tertiary/aromatic N) is 3. The summed E-state index contributed by atoms with van der Waals surface area (Å²) in [6, 6.07) is 16.3. The largest absolute Gasteiger partial charge is 0.507 e. The summed E-state index contributed by atoms with van der Waals surface area (Å²) in [6.45, 7) is 9.62. The number of benzene rings is 3. The van der Waals surface area contributed by atoms with Gasteiger partial charge < -0.3 is 9.84 Å². The number of thioether (sulfide) groups is 1. The molecule has 0 fully saturated rings. The quantitative estimate of drug-likeness (QED) is 0.125. The molecule has 5 rings (SSSR count). The van der Waals surface area contributed by atoms with Gasteiger partial charge in [0.15, 0.2) is 16.8 Å². The second-order valence-corrected chi connectivity index (χ2v) is 13.4. The fraction of sp³-hybridized carbons (Fsp3) is 0.462. The average Bonchev–Trinajstić information content (AvgIpc) is 3.08. The zero-order valence-electron chi connectivity index (χ0n) is 27.5. The first-order valence-electron chi connectivity index (χ1n) is 17.1. The predicted octanol–water partition coefficient (Wildman–Crippen LogP) is 10.9. The van der Waals surface area contributed by atoms with Crippen LogP contribution in [0.4, 0.5) is 0 Å². The monoisotopic (exact) mass is 623 g/mol. The van der Waals surface area contributed by atoms with Crippen LogP contribution in [0.1, 0.15) is 96.6 Å². The van der Waals surface area contributed by atoms with E-state index in [-0.39, 0.29) is 5.75 Å². The van der Waals surface area contributed by atoms with Gasteiger partial charge in [-0.2, -0.15) is 0 Å². The van der Waals surface area contributed by atoms with Crippen molar-refractivity contribution in [3.8, 4) is 34.3 Å². The highest BCUT2D eigenvalue weighted by molar-refractivity contribution is 7.99. The highest BCUT2D eigenvalue weighted by Gasteiger charge is 2.21. The van der Waals surface area contributed by atoms with Gasteiger partial charge in [-0.25, -0.2) is 15.0 Å². The minimum absolute atomic E-state index is 0.122. The van der Waals surface area contributed by atoms with Crippen LogP contribution in [0.3, 0.4) is 0 Å². The third-order valence-corrected chi connectivity index (χ3v) is 10.2. The van der Waals surface area contributed by atoms with Crippen molar-refractivity contribution in [1.82, 2.24) is 15.0 Å². The third kappa shape index (κ3) is 8.26. The van der Waals surface area contributed by atoms with Crippen LogP contribution in [-0.4, -0.2) is 32.4 Å². The number of phenols is 1. The molecule has 0 aliphatic heterocycles. The Hall–Kier alpha value is -3.38. The molecule has 3 aromatic carbocycles. The smallest absolute Gasteiger partial charge is 0.191 e. The molecular weight excluding hydrogens is 575 g/mol. The number of ether oxygens (including phenoxy) is 1. The Kier molecular flexibility index (Phi) is 11.9. The van der Waals surface area contributed by atoms with Crippen LogP contribution in [0.25, 0.3) is 39.6 Å². The van der Waals surface area contributed by atoms with E-state index in [4.69, 9.17) is 19.7 Å². The average molecular weight is 624 g/mol. The molecule has 0 radical (unpaired) electrons. The van der Waals surface area contributed by atoms with Crippen LogP contribution in [0.5, 0.6) is 11.5 Å². The van der Waals surface area contributed by atoms with Crippen molar-refractivity contribution in [2.75, 3.05) is 12.4 Å². The lowest BCUT2D eigenvalue weighted by Crippen LogP contribution is -2.11. The molecule has 0 bridgehead atoms. The maximum Gasteiger partial charge on any atom is 0.191 e. The summed E-state index contributed by atoms with van der Waals surface area (Å²) < 4.78 is 6.13. The summed E-state index contributed by atoms with van der Waals surface area (Å²) in [5.41, 5.74) is 4.14. The van der Waals surface area contributed by atoms with Crippen LogP contribution in [0, 0.1) is 11.8 Å². The molecule has 1 N–H and O–H groups in total. The molecule has 0 amide bonds. The second-order valence-electron chi connectivity index (χ2n) is 12.4. The number of rotatable bonds is 16. The molecule has 5 nitrogen and oxygen atoms in total. The van der Waals surface area contributed by atoms with Gasteiger partial charge in [-0.1, -0.05) is 114 Å². The first-order valence-corrected chi connectivity index (χ1v) is 18.1. The third-order valence-electron chi connectivity index (χ3n) is 9.13. The fourth-order valence-corrected chi connectivity index (χ4v) is 7.26. The maximum atomic E-state index is 11.2. The lowest BCUT2D eigenvalue weighted by atomic mass is 9.88. The Bertz CT molecular complexity index is 1600. The second kappa shape index (κ2) is 16.3. The van der Waals surface area contributed by atoms with Gasteiger partial charge in [-0.3, -0.25) is 0 Å². The Labute approximate surface area is 274 Å². The molecule has 1 aliphatic carbocycles. The van der Waals surface area contributed by atoms with Crippen molar-refractivity contribution < 1.29 is 9.84 Å². The van der Waals surface area contributed by atoms with E-state index < -0.39 is 0 Å². The summed E-state index contributed by atoms with van der Waals surface area (Å²) in [6.07, 6.45) is 15.9. The molecule has 0 spiro atoms. The van der Waals surface area contributed by atoms with Gasteiger partial charge in [0, 0.05) is 17.4 Å². The number of hydrogen-bond donors (Lipinski definition) is 1. The van der Waals surface area contributed by atoms with Gasteiger partial charge in [0.1, 0.15) is 11.5 Å². The van der Waals surface area contributed by atoms with Crippen molar-refractivity contribution in [2.45, 2.75) is 97.1 Å². The normalized spacial score (nSPS) is 14.0. The van der Waals surface area contributed by atoms with Gasteiger partial charge in [-0.05, 0) is 77.6 Å². The molecule has 1 heterocycles. The lowest BCUT2D eigenvalue weighted by molar-refractivity contribution is 0.232. The summed E-state index contributed by atoms with van der Waals surface area (Å²) in [7, 11) is 0. The number of aromatic hydroxyl groups is 1. The van der Waals surface area contributed by atoms with Crippen LogP contribution in [0.2, 0.25) is 0 Å². The molecule has 45 heavy (non-hydrogen) atoms. The Morgan fingerprint density at radius 2 is 1.58 bits per heavy atom. The van der Waals surface area contributed by atoms with E-state index in [1.165, 1.54) is 54.0 Å². The lowest BCUT2D eigenvalue weighted by Gasteiger charge is -2.19. The SMILES string of the molecule is CCCCC(CC)COc1ccc(-c2nc(SCC(CC)CCCC)nc(-c3cc4ccccc4c4c3C=CCC4)n2)c(O)c1. The van der Waals surface area contributed by atoms with E-state index in [1.807, 2.05) is 12.1 Å². The molecular formula is C39H49N3O2S. The number of phenolic OH excluding ortho intramolecular Hbond substituents is 1. The molecule has 1 aliphatic rings. The van der Waals surface area contributed by atoms with E-state index in [0.29, 0.717) is 46.6 Å². The van der Waals surface area contributed by atoms with Crippen molar-refractivity contribution >= 4 is 28.6 Å². The molecule has 2 unspecified atom stereocenters. The van der Waals surface area contributed by atoms with Crippen LogP contribution >= 0.6 is 11.8 Å². The Morgan fingerprint density at radius 1 is 0.844 bits per heavy atom. The van der Waals surface area contributed by atoms with Crippen LogP contribution in [-0.2, 0) is 6.42 Å². The predicted molar refractivity (Wildman–Crippen MR) is 190 cm³/mol. The standard InChI is InChI=1S/C39H49N3O2S/c1-5-9-15-27(7-3)25-44-30-21-22-34(36(43)24-30)37-40-38(42-39(41-37)45-26-28(8-4)16-10-6-2)35-23-29-17-11-12-18-31(29)32-19-13-14-20-33(32)35/h11-12,14,17-18,20-24,27-28,43H,5-10,13,15-16,19,25-26H2,1-4H3. The zero-order valence-corrected chi connectivity index (χ0v) is 28.3. The van der Waals surface area contributed by atoms with E-state index in [1.54, 1.807) is 17.8 Å². The van der Waals surface area contributed by atoms with Gasteiger partial charge >= 0.3 is 0 Å². The van der Waals surface area contributed by atoms with Gasteiger partial charge in [0.05, 0.1) is 12.2 Å². The molecule has 1 aromatic heterocycles. The molecule has 4 aromatic rings. The van der Waals surface area contributed by atoms with Crippen LogP contribution in [0.15, 0.2) is 59.8 Å². The summed E-state index contributed by atoms with van der Waals surface area (Å²) in [5.74, 6) is 4.03. The molecule has 2 atom stereocenters. The van der Waals surface area contributed by atoms with Gasteiger partial charge in [-0.15, -0.1) is 0 Å². The van der Waals surface area contributed by atoms with E-state index >= 15 is 0 Å². The summed E-state index contributed by atoms with van der Waals surface area (Å²) in [5, 5.41) is 14.4. The Balaban J connectivity index is 1.52. The highest BCUT2D eigenvalue weighted by atomic mass is 32.2. The summed E-state index contributed by atoms with van der Waals surface area (Å²) in [4.78, 5) is 15.0. The van der Waals surface area contributed by atoms with Crippen molar-refractivity contribution in [1.29, 1.82) is 0 Å². The maximum absolute atomic E-state index is 11.2. The summed E-state index contributed by atoms with van der Waals surface area (Å²) >= 11 is 1.70. The number of aryl methyl sites for hydroxylation is 1. The van der Waals surface area contributed by atoms with E-state index in [0.717, 1.165) is 43.4 Å². The minimum Gasteiger partial charge on any atom is -0.507 e. The van der Waals surface area contributed by atoms with Gasteiger partial charge in [0.25, 0.3) is 0 Å². The van der Waals surface area contributed by atoms with Gasteiger partial charge in [0.2, 0.25) is 0 Å². The molecule has 6 heteroatoms. The minimum atomic E-state index is 0.122. The number of aromatic nitrogens is 3. The van der Waals surface area contributed by atoms with E-state index in [2.05, 4.69) is 70.2 Å². The molecule has 238 valence electrons. The van der Waals surface area contributed by atoms with Crippen molar-refractivity contribution in [3.05, 3.63) is 65.7 Å². The Morgan fingerprint density at radius 3 is 2.31 bits per heavy atom.